The molecule has 0 atom stereocenters. The first-order valence-electron chi connectivity index (χ1n) is 3.91. The highest BCUT2D eigenvalue weighted by Gasteiger charge is 2.10. The van der Waals surface area contributed by atoms with Crippen molar-refractivity contribution in [2.75, 3.05) is 0 Å². The van der Waals surface area contributed by atoms with Gasteiger partial charge >= 0.3 is 0 Å². The fraction of sp³-hybridized carbons (Fsp3) is 0.250. The van der Waals surface area contributed by atoms with Crippen molar-refractivity contribution in [3.8, 4) is 0 Å². The molecule has 2 heterocycles. The van der Waals surface area contributed by atoms with Gasteiger partial charge < -0.3 is 0 Å². The summed E-state index contributed by atoms with van der Waals surface area (Å²) in [6.07, 6.45) is 4.31. The summed E-state index contributed by atoms with van der Waals surface area (Å²) < 4.78 is 2.59. The summed E-state index contributed by atoms with van der Waals surface area (Å²) in [7, 11) is 0. The third-order valence-corrected chi connectivity index (χ3v) is 3.02. The lowest BCUT2D eigenvalue weighted by molar-refractivity contribution is 0.907. The summed E-state index contributed by atoms with van der Waals surface area (Å²) in [5.74, 6) is 0. The molecule has 2 aromatic rings. The molecule has 0 aromatic carbocycles. The first-order chi connectivity index (χ1) is 6.24. The van der Waals surface area contributed by atoms with Crippen LogP contribution in [0.4, 0.5) is 0 Å². The number of aromatic nitrogens is 3. The quantitative estimate of drug-likeness (QED) is 0.789. The van der Waals surface area contributed by atoms with Gasteiger partial charge in [0.25, 0.3) is 0 Å². The smallest absolute Gasteiger partial charge is 0.168 e. The van der Waals surface area contributed by atoms with Crippen molar-refractivity contribution in [1.29, 1.82) is 0 Å². The molecule has 0 aliphatic rings. The molecule has 0 fully saturated rings. The Hall–Kier alpha value is -0.610. The maximum Gasteiger partial charge on any atom is 0.168 e. The lowest BCUT2D eigenvalue weighted by Crippen LogP contribution is -1.97. The van der Waals surface area contributed by atoms with Crippen molar-refractivity contribution >= 4 is 33.2 Å². The van der Waals surface area contributed by atoms with Crippen molar-refractivity contribution in [3.05, 3.63) is 27.6 Å². The van der Waals surface area contributed by atoms with Gasteiger partial charge in [-0.1, -0.05) is 18.5 Å². The minimum atomic E-state index is 0.528. The van der Waals surface area contributed by atoms with Gasteiger partial charge in [0, 0.05) is 18.0 Å². The van der Waals surface area contributed by atoms with Gasteiger partial charge in [0.1, 0.15) is 0 Å². The lowest BCUT2D eigenvalue weighted by Gasteiger charge is -2.04. The molecule has 2 rings (SSSR count). The number of fused-ring (bicyclic) bond motifs is 1. The minimum absolute atomic E-state index is 0.528. The van der Waals surface area contributed by atoms with E-state index in [4.69, 9.17) is 11.6 Å². The Kier molecular flexibility index (Phi) is 2.26. The van der Waals surface area contributed by atoms with Gasteiger partial charge in [-0.25, -0.2) is 9.50 Å². The van der Waals surface area contributed by atoms with Crippen LogP contribution in [0.1, 0.15) is 12.5 Å². The second-order valence-corrected chi connectivity index (χ2v) is 3.78. The molecular weight excluding hydrogens is 253 g/mol. The Balaban J connectivity index is 2.85. The van der Waals surface area contributed by atoms with Crippen molar-refractivity contribution in [3.63, 3.8) is 0 Å². The van der Waals surface area contributed by atoms with E-state index in [0.717, 1.165) is 22.1 Å². The molecule has 2 aromatic heterocycles. The van der Waals surface area contributed by atoms with E-state index in [0.29, 0.717) is 5.15 Å². The highest BCUT2D eigenvalue weighted by atomic mass is 79.9. The van der Waals surface area contributed by atoms with Crippen LogP contribution in [0.25, 0.3) is 5.65 Å². The molecule has 0 amide bonds. The maximum atomic E-state index is 5.98. The van der Waals surface area contributed by atoms with Crippen LogP contribution >= 0.6 is 27.5 Å². The van der Waals surface area contributed by atoms with Gasteiger partial charge in [0.05, 0.1) is 4.47 Å². The second kappa shape index (κ2) is 3.27. The fourth-order valence-corrected chi connectivity index (χ4v) is 2.39. The van der Waals surface area contributed by atoms with Crippen LogP contribution in [-0.4, -0.2) is 14.6 Å². The molecule has 0 aliphatic carbocycles. The lowest BCUT2D eigenvalue weighted by atomic mass is 10.2. The molecule has 0 spiro atoms. The molecule has 0 saturated heterocycles. The number of imidazole rings is 1. The van der Waals surface area contributed by atoms with E-state index in [2.05, 4.69) is 26.0 Å². The molecule has 5 heteroatoms. The molecule has 0 N–H and O–H groups in total. The normalized spacial score (nSPS) is 11.0. The zero-order valence-corrected chi connectivity index (χ0v) is 9.30. The molecule has 0 bridgehead atoms. The van der Waals surface area contributed by atoms with Gasteiger partial charge in [-0.05, 0) is 22.4 Å². The summed E-state index contributed by atoms with van der Waals surface area (Å²) in [5, 5.41) is 4.68. The van der Waals surface area contributed by atoms with E-state index in [1.807, 2.05) is 6.92 Å². The largest absolute Gasteiger partial charge is 0.234 e. The average molecular weight is 261 g/mol. The highest BCUT2D eigenvalue weighted by molar-refractivity contribution is 9.10. The number of rotatable bonds is 1. The summed E-state index contributed by atoms with van der Waals surface area (Å²) in [6, 6.07) is 0. The van der Waals surface area contributed by atoms with Gasteiger partial charge in [0.15, 0.2) is 10.8 Å². The molecule has 68 valence electrons. The van der Waals surface area contributed by atoms with Crippen molar-refractivity contribution in [2.24, 2.45) is 0 Å². The van der Waals surface area contributed by atoms with E-state index in [-0.39, 0.29) is 0 Å². The Morgan fingerprint density at radius 3 is 3.08 bits per heavy atom. The third-order valence-electron chi connectivity index (χ3n) is 1.88. The first-order valence-corrected chi connectivity index (χ1v) is 5.08. The highest BCUT2D eigenvalue weighted by Crippen LogP contribution is 2.26. The molecular formula is C8H7BrClN3. The first kappa shape index (κ1) is 8.97. The Morgan fingerprint density at radius 1 is 1.62 bits per heavy atom. The minimum Gasteiger partial charge on any atom is -0.234 e. The Labute approximate surface area is 88.9 Å². The monoisotopic (exact) mass is 259 g/mol. The summed E-state index contributed by atoms with van der Waals surface area (Å²) in [5.41, 5.74) is 1.81. The zero-order valence-electron chi connectivity index (χ0n) is 6.96. The van der Waals surface area contributed by atoms with Crippen LogP contribution < -0.4 is 0 Å². The second-order valence-electron chi connectivity index (χ2n) is 2.63. The molecule has 0 unspecified atom stereocenters. The van der Waals surface area contributed by atoms with E-state index in [1.165, 1.54) is 0 Å². The maximum absolute atomic E-state index is 5.98. The molecule has 3 nitrogen and oxygen atoms in total. The number of hydrogen-bond donors (Lipinski definition) is 0. The van der Waals surface area contributed by atoms with Crippen LogP contribution in [0.3, 0.4) is 0 Å². The van der Waals surface area contributed by atoms with Crippen LogP contribution in [0.5, 0.6) is 0 Å². The summed E-state index contributed by atoms with van der Waals surface area (Å²) in [6.45, 7) is 2.03. The van der Waals surface area contributed by atoms with Gasteiger partial charge in [-0.15, -0.1) is 0 Å². The molecule has 0 radical (unpaired) electrons. The molecule has 13 heavy (non-hydrogen) atoms. The van der Waals surface area contributed by atoms with Crippen molar-refractivity contribution in [2.45, 2.75) is 13.3 Å². The predicted molar refractivity (Wildman–Crippen MR) is 55.1 cm³/mol. The van der Waals surface area contributed by atoms with E-state index < -0.39 is 0 Å². The number of hydrogen-bond acceptors (Lipinski definition) is 2. The summed E-state index contributed by atoms with van der Waals surface area (Å²) >= 11 is 9.44. The topological polar surface area (TPSA) is 30.2 Å². The Morgan fingerprint density at radius 2 is 2.38 bits per heavy atom. The SMILES string of the molecule is CCc1c(Cl)nn2ccnc2c1Br. The Bertz CT molecular complexity index is 452. The van der Waals surface area contributed by atoms with Crippen LogP contribution in [0, 0.1) is 0 Å². The van der Waals surface area contributed by atoms with Crippen molar-refractivity contribution in [1.82, 2.24) is 14.6 Å². The van der Waals surface area contributed by atoms with Crippen LogP contribution in [0.2, 0.25) is 5.15 Å². The van der Waals surface area contributed by atoms with Gasteiger partial charge in [-0.2, -0.15) is 5.10 Å². The van der Waals surface area contributed by atoms with Crippen LogP contribution in [-0.2, 0) is 6.42 Å². The fourth-order valence-electron chi connectivity index (χ4n) is 1.22. The van der Waals surface area contributed by atoms with E-state index in [9.17, 15) is 0 Å². The molecule has 0 saturated carbocycles. The predicted octanol–water partition coefficient (Wildman–Crippen LogP) is 2.71. The number of nitrogens with zero attached hydrogens (tertiary/aromatic N) is 3. The van der Waals surface area contributed by atoms with E-state index in [1.54, 1.807) is 16.9 Å². The third kappa shape index (κ3) is 1.34. The zero-order chi connectivity index (χ0) is 9.42. The van der Waals surface area contributed by atoms with E-state index >= 15 is 0 Å². The standard InChI is InChI=1S/C8H7BrClN3/c1-2-5-6(9)8-11-3-4-13(8)12-7(5)10/h3-4H,2H2,1H3. The average Bonchev–Trinajstić information content (AvgIpc) is 2.53. The van der Waals surface area contributed by atoms with Gasteiger partial charge in [0.2, 0.25) is 0 Å². The molecule has 0 aliphatic heterocycles. The van der Waals surface area contributed by atoms with Gasteiger partial charge in [-0.3, -0.25) is 0 Å². The number of halogens is 2. The van der Waals surface area contributed by atoms with Crippen molar-refractivity contribution < 1.29 is 0 Å². The summed E-state index contributed by atoms with van der Waals surface area (Å²) in [4.78, 5) is 4.16. The van der Waals surface area contributed by atoms with Crippen LogP contribution in [0.15, 0.2) is 16.9 Å².